The molecule has 3 aromatic heterocycles. The standard InChI is InChI=1S/C39H27N3/c1-39(2)30-14-5-3-12-28(30)35-31(39)19-21-34-36(35)29-13-4-6-15-33(29)42(34)27-11-7-9-26(23-27)32-20-18-25-17-16-24-10-8-22-40-37(24)38(25)41-32/h3-23H,1-2H3. The Labute approximate surface area is 243 Å². The molecule has 0 atom stereocenters. The van der Waals surface area contributed by atoms with E-state index in [9.17, 15) is 0 Å². The molecule has 9 rings (SSSR count). The second-order valence-corrected chi connectivity index (χ2v) is 11.9. The number of pyridine rings is 2. The van der Waals surface area contributed by atoms with Crippen LogP contribution in [0.1, 0.15) is 25.0 Å². The molecule has 0 amide bonds. The van der Waals surface area contributed by atoms with E-state index in [0.717, 1.165) is 38.8 Å². The molecule has 0 spiro atoms. The molecular formula is C39H27N3. The fraction of sp³-hybridized carbons (Fsp3) is 0.0769. The van der Waals surface area contributed by atoms with Crippen molar-refractivity contribution in [2.75, 3.05) is 0 Å². The van der Waals surface area contributed by atoms with Crippen molar-refractivity contribution in [3.63, 3.8) is 0 Å². The van der Waals surface area contributed by atoms with Gasteiger partial charge in [0.25, 0.3) is 0 Å². The highest BCUT2D eigenvalue weighted by Gasteiger charge is 2.37. The fourth-order valence-electron chi connectivity index (χ4n) is 7.22. The summed E-state index contributed by atoms with van der Waals surface area (Å²) < 4.78 is 2.42. The zero-order chi connectivity index (χ0) is 28.0. The van der Waals surface area contributed by atoms with E-state index in [4.69, 9.17) is 4.98 Å². The number of rotatable bonds is 2. The molecule has 0 radical (unpaired) electrons. The smallest absolute Gasteiger partial charge is 0.0972 e. The van der Waals surface area contributed by atoms with Crippen LogP contribution in [0.2, 0.25) is 0 Å². The van der Waals surface area contributed by atoms with E-state index < -0.39 is 0 Å². The summed E-state index contributed by atoms with van der Waals surface area (Å²) in [5.41, 5.74) is 12.9. The second kappa shape index (κ2) is 8.37. The van der Waals surface area contributed by atoms with Crippen LogP contribution in [0.25, 0.3) is 71.7 Å². The van der Waals surface area contributed by atoms with Crippen LogP contribution >= 0.6 is 0 Å². The third-order valence-corrected chi connectivity index (χ3v) is 9.21. The summed E-state index contributed by atoms with van der Waals surface area (Å²) in [4.78, 5) is 9.80. The highest BCUT2D eigenvalue weighted by molar-refractivity contribution is 6.18. The zero-order valence-corrected chi connectivity index (χ0v) is 23.5. The molecule has 0 bridgehead atoms. The lowest BCUT2D eigenvalue weighted by molar-refractivity contribution is 0.661. The highest BCUT2D eigenvalue weighted by Crippen LogP contribution is 2.53. The molecule has 0 aliphatic heterocycles. The number of hydrogen-bond donors (Lipinski definition) is 0. The molecule has 42 heavy (non-hydrogen) atoms. The fourth-order valence-corrected chi connectivity index (χ4v) is 7.22. The van der Waals surface area contributed by atoms with Gasteiger partial charge in [-0.25, -0.2) is 4.98 Å². The third-order valence-electron chi connectivity index (χ3n) is 9.21. The summed E-state index contributed by atoms with van der Waals surface area (Å²) in [5.74, 6) is 0. The molecule has 0 fully saturated rings. The van der Waals surface area contributed by atoms with Gasteiger partial charge in [-0.2, -0.15) is 0 Å². The summed E-state index contributed by atoms with van der Waals surface area (Å²) in [7, 11) is 0. The molecule has 0 unspecified atom stereocenters. The maximum atomic E-state index is 5.14. The maximum absolute atomic E-state index is 5.14. The summed E-state index contributed by atoms with van der Waals surface area (Å²) >= 11 is 0. The number of para-hydroxylation sites is 1. The van der Waals surface area contributed by atoms with E-state index in [-0.39, 0.29) is 5.41 Å². The van der Waals surface area contributed by atoms with Gasteiger partial charge in [-0.3, -0.25) is 4.98 Å². The van der Waals surface area contributed by atoms with Crippen molar-refractivity contribution in [2.24, 2.45) is 0 Å². The highest BCUT2D eigenvalue weighted by atomic mass is 15.0. The first-order valence-corrected chi connectivity index (χ1v) is 14.5. The van der Waals surface area contributed by atoms with Gasteiger partial charge < -0.3 is 4.57 Å². The Hall–Kier alpha value is -5.28. The Balaban J connectivity index is 1.29. The molecule has 3 heterocycles. The van der Waals surface area contributed by atoms with Crippen molar-refractivity contribution in [2.45, 2.75) is 19.3 Å². The van der Waals surface area contributed by atoms with Crippen molar-refractivity contribution in [3.05, 3.63) is 139 Å². The molecule has 0 saturated carbocycles. The summed E-state index contributed by atoms with van der Waals surface area (Å²) in [6.45, 7) is 4.70. The van der Waals surface area contributed by atoms with E-state index in [1.807, 2.05) is 12.3 Å². The molecule has 1 aliphatic carbocycles. The molecule has 3 nitrogen and oxygen atoms in total. The van der Waals surface area contributed by atoms with Gasteiger partial charge in [-0.15, -0.1) is 0 Å². The lowest BCUT2D eigenvalue weighted by Crippen LogP contribution is -2.14. The summed E-state index contributed by atoms with van der Waals surface area (Å²) in [6, 6.07) is 43.8. The lowest BCUT2D eigenvalue weighted by atomic mass is 9.82. The van der Waals surface area contributed by atoms with Crippen LogP contribution in [0.15, 0.2) is 128 Å². The van der Waals surface area contributed by atoms with Gasteiger partial charge in [0, 0.05) is 44.4 Å². The third kappa shape index (κ3) is 3.11. The predicted molar refractivity (Wildman–Crippen MR) is 174 cm³/mol. The molecular weight excluding hydrogens is 510 g/mol. The molecule has 3 heteroatoms. The van der Waals surface area contributed by atoms with Crippen molar-refractivity contribution in [3.8, 4) is 28.1 Å². The van der Waals surface area contributed by atoms with Crippen molar-refractivity contribution in [1.29, 1.82) is 0 Å². The number of fused-ring (bicyclic) bond motifs is 10. The normalized spacial score (nSPS) is 13.7. The quantitative estimate of drug-likeness (QED) is 0.205. The molecule has 5 aromatic carbocycles. The van der Waals surface area contributed by atoms with Crippen molar-refractivity contribution < 1.29 is 0 Å². The SMILES string of the molecule is CC1(C)c2ccccc2-c2c1ccc1c2c2ccccc2n1-c1cccc(-c2ccc3ccc4cccnc4c3n2)c1. The van der Waals surface area contributed by atoms with Gasteiger partial charge in [0.15, 0.2) is 0 Å². The summed E-state index contributed by atoms with van der Waals surface area (Å²) in [6.07, 6.45) is 1.84. The zero-order valence-electron chi connectivity index (χ0n) is 23.5. The van der Waals surface area contributed by atoms with E-state index in [0.29, 0.717) is 0 Å². The van der Waals surface area contributed by atoms with Gasteiger partial charge in [0.05, 0.1) is 27.8 Å². The van der Waals surface area contributed by atoms with Crippen LogP contribution in [0.5, 0.6) is 0 Å². The van der Waals surface area contributed by atoms with E-state index in [1.54, 1.807) is 0 Å². The van der Waals surface area contributed by atoms with Gasteiger partial charge in [-0.1, -0.05) is 98.8 Å². The number of aromatic nitrogens is 3. The minimum atomic E-state index is -0.0377. The van der Waals surface area contributed by atoms with E-state index >= 15 is 0 Å². The van der Waals surface area contributed by atoms with E-state index in [1.165, 1.54) is 44.1 Å². The largest absolute Gasteiger partial charge is 0.309 e. The van der Waals surface area contributed by atoms with Crippen molar-refractivity contribution >= 4 is 43.6 Å². The first-order valence-electron chi connectivity index (χ1n) is 14.5. The molecule has 0 N–H and O–H groups in total. The molecule has 8 aromatic rings. The van der Waals surface area contributed by atoms with Crippen LogP contribution in [-0.4, -0.2) is 14.5 Å². The topological polar surface area (TPSA) is 30.7 Å². The molecule has 0 saturated heterocycles. The van der Waals surface area contributed by atoms with Crippen LogP contribution in [-0.2, 0) is 5.41 Å². The number of benzene rings is 5. The monoisotopic (exact) mass is 537 g/mol. The average molecular weight is 538 g/mol. The predicted octanol–water partition coefficient (Wildman–Crippen LogP) is 9.85. The van der Waals surface area contributed by atoms with Crippen LogP contribution in [0, 0.1) is 0 Å². The van der Waals surface area contributed by atoms with Gasteiger partial charge in [0.1, 0.15) is 0 Å². The number of hydrogen-bond acceptors (Lipinski definition) is 2. The first kappa shape index (κ1) is 23.4. The van der Waals surface area contributed by atoms with Gasteiger partial charge in [0.2, 0.25) is 0 Å². The van der Waals surface area contributed by atoms with Crippen LogP contribution < -0.4 is 0 Å². The van der Waals surface area contributed by atoms with Crippen molar-refractivity contribution in [1.82, 2.24) is 14.5 Å². The Kier molecular flexibility index (Phi) is 4.67. The van der Waals surface area contributed by atoms with Crippen LogP contribution in [0.3, 0.4) is 0 Å². The Morgan fingerprint density at radius 3 is 2.36 bits per heavy atom. The Morgan fingerprint density at radius 1 is 0.619 bits per heavy atom. The van der Waals surface area contributed by atoms with Gasteiger partial charge in [-0.05, 0) is 58.7 Å². The summed E-state index contributed by atoms with van der Waals surface area (Å²) in [5, 5.41) is 4.81. The number of nitrogens with zero attached hydrogens (tertiary/aromatic N) is 3. The first-order chi connectivity index (χ1) is 20.6. The van der Waals surface area contributed by atoms with Crippen LogP contribution in [0.4, 0.5) is 0 Å². The Morgan fingerprint density at radius 2 is 1.43 bits per heavy atom. The maximum Gasteiger partial charge on any atom is 0.0972 e. The minimum Gasteiger partial charge on any atom is -0.309 e. The Bertz CT molecular complexity index is 2390. The van der Waals surface area contributed by atoms with Gasteiger partial charge >= 0.3 is 0 Å². The minimum absolute atomic E-state index is 0.0377. The molecule has 1 aliphatic rings. The average Bonchev–Trinajstić information content (AvgIpc) is 3.50. The lowest BCUT2D eigenvalue weighted by Gasteiger charge is -2.21. The molecule has 198 valence electrons. The second-order valence-electron chi connectivity index (χ2n) is 11.9. The van der Waals surface area contributed by atoms with E-state index in [2.05, 4.69) is 139 Å².